The third-order valence-electron chi connectivity index (χ3n) is 6.73. The van der Waals surface area contributed by atoms with Gasteiger partial charge in [-0.3, -0.25) is 14.6 Å². The normalized spacial score (nSPS) is 18.3. The number of aryl methyl sites for hydroxylation is 2. The van der Waals surface area contributed by atoms with Crippen LogP contribution < -0.4 is 5.32 Å². The maximum absolute atomic E-state index is 12.8. The Balaban J connectivity index is 1.33. The van der Waals surface area contributed by atoms with E-state index in [1.54, 1.807) is 25.2 Å². The van der Waals surface area contributed by atoms with E-state index >= 15 is 0 Å². The van der Waals surface area contributed by atoms with Crippen LogP contribution in [0.2, 0.25) is 0 Å². The summed E-state index contributed by atoms with van der Waals surface area (Å²) in [5.74, 6) is 1.87. The Bertz CT molecular complexity index is 1130. The minimum Gasteiger partial charge on any atom is -0.356 e. The molecule has 1 saturated carbocycles. The molecular weight excluding hydrogens is 414 g/mol. The van der Waals surface area contributed by atoms with Gasteiger partial charge in [-0.15, -0.1) is 0 Å². The summed E-state index contributed by atoms with van der Waals surface area (Å²) in [7, 11) is 3.57. The van der Waals surface area contributed by atoms with Crippen molar-refractivity contribution in [2.24, 2.45) is 5.92 Å². The molecule has 0 bridgehead atoms. The monoisotopic (exact) mass is 447 g/mol. The van der Waals surface area contributed by atoms with Gasteiger partial charge in [0.2, 0.25) is 5.91 Å². The van der Waals surface area contributed by atoms with Crippen molar-refractivity contribution in [3.05, 3.63) is 59.8 Å². The van der Waals surface area contributed by atoms with E-state index in [1.807, 2.05) is 48.0 Å². The van der Waals surface area contributed by atoms with E-state index in [0.717, 1.165) is 60.2 Å². The van der Waals surface area contributed by atoms with Gasteiger partial charge in [-0.25, -0.2) is 4.98 Å². The van der Waals surface area contributed by atoms with Crippen LogP contribution in [-0.4, -0.2) is 51.9 Å². The number of hydrogen-bond donors (Lipinski definition) is 1. The lowest BCUT2D eigenvalue weighted by Gasteiger charge is -2.29. The van der Waals surface area contributed by atoms with Crippen LogP contribution >= 0.6 is 0 Å². The van der Waals surface area contributed by atoms with Crippen LogP contribution in [0.15, 0.2) is 42.7 Å². The Morgan fingerprint density at radius 1 is 1.15 bits per heavy atom. The molecule has 1 aliphatic rings. The highest BCUT2D eigenvalue weighted by Crippen LogP contribution is 2.36. The molecule has 2 heterocycles. The number of pyridine rings is 1. The van der Waals surface area contributed by atoms with Gasteiger partial charge in [0.15, 0.2) is 0 Å². The van der Waals surface area contributed by atoms with Crippen molar-refractivity contribution in [1.82, 2.24) is 24.8 Å². The Hall–Kier alpha value is -3.22. The number of carbonyl (C=O) groups excluding carboxylic acids is 2. The first-order chi connectivity index (χ1) is 15.9. The highest BCUT2D eigenvalue weighted by Gasteiger charge is 2.25. The lowest BCUT2D eigenvalue weighted by molar-refractivity contribution is -0.121. The lowest BCUT2D eigenvalue weighted by atomic mass is 9.80. The first-order valence-corrected chi connectivity index (χ1v) is 11.8. The van der Waals surface area contributed by atoms with Crippen LogP contribution in [0.25, 0.3) is 10.9 Å². The molecule has 7 heteroatoms. The van der Waals surface area contributed by atoms with E-state index in [2.05, 4.69) is 10.3 Å². The van der Waals surface area contributed by atoms with Gasteiger partial charge in [0.25, 0.3) is 5.91 Å². The zero-order chi connectivity index (χ0) is 23.4. The molecule has 1 aliphatic carbocycles. The summed E-state index contributed by atoms with van der Waals surface area (Å²) in [6.07, 6.45) is 8.29. The summed E-state index contributed by atoms with van der Waals surface area (Å²) in [5, 5.41) is 4.02. The van der Waals surface area contributed by atoms with Crippen molar-refractivity contribution < 1.29 is 9.59 Å². The third kappa shape index (κ3) is 5.41. The first kappa shape index (κ1) is 23.0. The molecule has 33 heavy (non-hydrogen) atoms. The molecule has 2 aromatic heterocycles. The van der Waals surface area contributed by atoms with Crippen molar-refractivity contribution in [2.75, 3.05) is 20.6 Å². The highest BCUT2D eigenvalue weighted by atomic mass is 16.2. The fraction of sp³-hybridized carbons (Fsp3) is 0.462. The van der Waals surface area contributed by atoms with Crippen molar-refractivity contribution >= 4 is 22.7 Å². The Morgan fingerprint density at radius 3 is 2.61 bits per heavy atom. The maximum atomic E-state index is 12.8. The summed E-state index contributed by atoms with van der Waals surface area (Å²) in [5.41, 5.74) is 2.61. The molecule has 1 fully saturated rings. The predicted molar refractivity (Wildman–Crippen MR) is 129 cm³/mol. The highest BCUT2D eigenvalue weighted by molar-refractivity contribution is 6.06. The van der Waals surface area contributed by atoms with Gasteiger partial charge in [0.1, 0.15) is 5.82 Å². The number of nitrogens with zero attached hydrogens (tertiary/aromatic N) is 4. The molecule has 0 aliphatic heterocycles. The van der Waals surface area contributed by atoms with Crippen LogP contribution in [0.5, 0.6) is 0 Å². The van der Waals surface area contributed by atoms with E-state index in [1.165, 1.54) is 0 Å². The second-order valence-corrected chi connectivity index (χ2v) is 9.25. The fourth-order valence-electron chi connectivity index (χ4n) is 4.69. The Labute approximate surface area is 195 Å². The fourth-order valence-corrected chi connectivity index (χ4v) is 4.69. The topological polar surface area (TPSA) is 80.1 Å². The first-order valence-electron chi connectivity index (χ1n) is 11.8. The zero-order valence-electron chi connectivity index (χ0n) is 19.8. The second-order valence-electron chi connectivity index (χ2n) is 9.25. The molecule has 3 aromatic rings. The average Bonchev–Trinajstić information content (AvgIpc) is 3.25. The molecule has 1 aromatic carbocycles. The van der Waals surface area contributed by atoms with Gasteiger partial charge in [0, 0.05) is 63.0 Å². The van der Waals surface area contributed by atoms with Crippen LogP contribution in [0.3, 0.4) is 0 Å². The summed E-state index contributed by atoms with van der Waals surface area (Å²) in [6, 6.07) is 9.87. The Kier molecular flexibility index (Phi) is 7.06. The number of imidazole rings is 1. The van der Waals surface area contributed by atoms with Crippen LogP contribution in [-0.2, 0) is 11.3 Å². The van der Waals surface area contributed by atoms with E-state index in [0.29, 0.717) is 24.8 Å². The van der Waals surface area contributed by atoms with Gasteiger partial charge < -0.3 is 14.8 Å². The van der Waals surface area contributed by atoms with Crippen molar-refractivity contribution in [2.45, 2.75) is 51.5 Å². The smallest absolute Gasteiger partial charge is 0.254 e. The number of hydrogen-bond acceptors (Lipinski definition) is 4. The molecule has 0 spiro atoms. The number of benzene rings is 1. The van der Waals surface area contributed by atoms with Crippen molar-refractivity contribution in [1.29, 1.82) is 0 Å². The van der Waals surface area contributed by atoms with Crippen molar-refractivity contribution in [3.63, 3.8) is 0 Å². The average molecular weight is 448 g/mol. The number of para-hydroxylation sites is 1. The molecule has 174 valence electrons. The SMILES string of the molecule is Cc1nccn1CCC(=O)NCC1CCC(c2cc(C(=O)N(C)C)c3ccccc3n2)CC1. The number of aromatic nitrogens is 3. The van der Waals surface area contributed by atoms with E-state index in [-0.39, 0.29) is 11.8 Å². The van der Waals surface area contributed by atoms with Gasteiger partial charge in [-0.2, -0.15) is 0 Å². The van der Waals surface area contributed by atoms with E-state index < -0.39 is 0 Å². The number of nitrogens with one attached hydrogen (secondary N) is 1. The van der Waals surface area contributed by atoms with Gasteiger partial charge >= 0.3 is 0 Å². The minimum absolute atomic E-state index is 0.0112. The largest absolute Gasteiger partial charge is 0.356 e. The molecule has 0 radical (unpaired) electrons. The number of rotatable bonds is 7. The molecule has 0 atom stereocenters. The number of amides is 2. The molecule has 7 nitrogen and oxygen atoms in total. The van der Waals surface area contributed by atoms with Crippen LogP contribution in [0.4, 0.5) is 0 Å². The number of carbonyl (C=O) groups is 2. The predicted octanol–water partition coefficient (Wildman–Crippen LogP) is 3.92. The van der Waals surface area contributed by atoms with E-state index in [4.69, 9.17) is 4.98 Å². The standard InChI is InChI=1S/C26H33N5O2/c1-18-27-13-15-31(18)14-12-25(32)28-17-19-8-10-20(11-9-19)24-16-22(26(33)30(2)3)21-6-4-5-7-23(21)29-24/h4-7,13,15-16,19-20H,8-12,14,17H2,1-3H3,(H,28,32). The summed E-state index contributed by atoms with van der Waals surface area (Å²) in [4.78, 5) is 35.8. The van der Waals surface area contributed by atoms with Gasteiger partial charge in [-0.1, -0.05) is 18.2 Å². The summed E-state index contributed by atoms with van der Waals surface area (Å²) < 4.78 is 2.00. The van der Waals surface area contributed by atoms with Gasteiger partial charge in [0.05, 0.1) is 11.1 Å². The molecular formula is C26H33N5O2. The molecule has 0 saturated heterocycles. The quantitative estimate of drug-likeness (QED) is 0.595. The molecule has 4 rings (SSSR count). The molecule has 0 unspecified atom stereocenters. The summed E-state index contributed by atoms with van der Waals surface area (Å²) >= 11 is 0. The third-order valence-corrected chi connectivity index (χ3v) is 6.73. The van der Waals surface area contributed by atoms with Crippen LogP contribution in [0, 0.1) is 12.8 Å². The van der Waals surface area contributed by atoms with Crippen LogP contribution in [0.1, 0.15) is 59.9 Å². The minimum atomic E-state index is 0.0112. The zero-order valence-corrected chi connectivity index (χ0v) is 19.8. The van der Waals surface area contributed by atoms with Gasteiger partial charge in [-0.05, 0) is 50.7 Å². The summed E-state index contributed by atoms with van der Waals surface area (Å²) in [6.45, 7) is 3.33. The lowest BCUT2D eigenvalue weighted by Crippen LogP contribution is -2.31. The molecule has 2 amide bonds. The van der Waals surface area contributed by atoms with E-state index in [9.17, 15) is 9.59 Å². The molecule has 1 N–H and O–H groups in total. The Morgan fingerprint density at radius 2 is 1.91 bits per heavy atom. The second kappa shape index (κ2) is 10.1. The van der Waals surface area contributed by atoms with Crippen molar-refractivity contribution in [3.8, 4) is 0 Å². The maximum Gasteiger partial charge on any atom is 0.254 e. The number of fused-ring (bicyclic) bond motifs is 1.